The van der Waals surface area contributed by atoms with Gasteiger partial charge in [-0.05, 0) is 50.3 Å². The molecule has 0 aromatic heterocycles. The number of anilines is 1. The molecular formula is C17H28N2. The van der Waals surface area contributed by atoms with Crippen LogP contribution < -0.4 is 10.6 Å². The van der Waals surface area contributed by atoms with Gasteiger partial charge in [-0.25, -0.2) is 0 Å². The van der Waals surface area contributed by atoms with Crippen molar-refractivity contribution in [2.24, 2.45) is 11.7 Å². The largest absolute Gasteiger partial charge is 0.368 e. The number of fused-ring (bicyclic) bond motifs is 1. The molecular weight excluding hydrogens is 232 g/mol. The first-order valence-corrected chi connectivity index (χ1v) is 7.69. The fraction of sp³-hybridized carbons (Fsp3) is 0.647. The first-order valence-electron chi connectivity index (χ1n) is 7.69. The van der Waals surface area contributed by atoms with Gasteiger partial charge in [0.15, 0.2) is 0 Å². The summed E-state index contributed by atoms with van der Waals surface area (Å²) in [5, 5.41) is 0. The van der Waals surface area contributed by atoms with Crippen LogP contribution in [0.25, 0.3) is 0 Å². The van der Waals surface area contributed by atoms with Gasteiger partial charge < -0.3 is 10.6 Å². The Morgan fingerprint density at radius 2 is 1.95 bits per heavy atom. The van der Waals surface area contributed by atoms with Crippen molar-refractivity contribution in [3.63, 3.8) is 0 Å². The van der Waals surface area contributed by atoms with E-state index in [2.05, 4.69) is 49.9 Å². The van der Waals surface area contributed by atoms with Gasteiger partial charge in [-0.15, -0.1) is 0 Å². The van der Waals surface area contributed by atoms with Gasteiger partial charge in [0.1, 0.15) is 0 Å². The Labute approximate surface area is 118 Å². The van der Waals surface area contributed by atoms with E-state index in [1.54, 1.807) is 0 Å². The number of hydrogen-bond donors (Lipinski definition) is 1. The van der Waals surface area contributed by atoms with Crippen molar-refractivity contribution >= 4 is 5.69 Å². The summed E-state index contributed by atoms with van der Waals surface area (Å²) in [5.74, 6) is 1.42. The maximum atomic E-state index is 5.77. The highest BCUT2D eigenvalue weighted by Gasteiger charge is 2.30. The van der Waals surface area contributed by atoms with Crippen LogP contribution in [0.2, 0.25) is 0 Å². The fourth-order valence-corrected chi connectivity index (χ4v) is 3.12. The van der Waals surface area contributed by atoms with Crippen LogP contribution in [-0.4, -0.2) is 19.1 Å². The fourth-order valence-electron chi connectivity index (χ4n) is 3.12. The molecule has 2 unspecified atom stereocenters. The first kappa shape index (κ1) is 14.4. The molecule has 0 radical (unpaired) electrons. The molecule has 2 heteroatoms. The summed E-state index contributed by atoms with van der Waals surface area (Å²) in [4.78, 5) is 2.60. The van der Waals surface area contributed by atoms with Crippen LogP contribution in [-0.2, 0) is 0 Å². The van der Waals surface area contributed by atoms with Crippen molar-refractivity contribution < 1.29 is 0 Å². The van der Waals surface area contributed by atoms with Crippen LogP contribution in [0.15, 0.2) is 24.3 Å². The third-order valence-corrected chi connectivity index (χ3v) is 4.31. The van der Waals surface area contributed by atoms with Gasteiger partial charge in [0, 0.05) is 24.2 Å². The molecule has 106 valence electrons. The lowest BCUT2D eigenvalue weighted by atomic mass is 9.98. The van der Waals surface area contributed by atoms with Gasteiger partial charge in [0.2, 0.25) is 0 Å². The number of rotatable bonds is 6. The molecule has 1 aromatic rings. The monoisotopic (exact) mass is 260 g/mol. The molecule has 1 aliphatic heterocycles. The van der Waals surface area contributed by atoms with E-state index in [1.807, 2.05) is 0 Å². The van der Waals surface area contributed by atoms with Gasteiger partial charge in [0.25, 0.3) is 0 Å². The minimum absolute atomic E-state index is 0.627. The zero-order valence-electron chi connectivity index (χ0n) is 12.6. The third-order valence-electron chi connectivity index (χ3n) is 4.31. The van der Waals surface area contributed by atoms with Crippen molar-refractivity contribution in [2.75, 3.05) is 18.0 Å². The molecule has 2 atom stereocenters. The summed E-state index contributed by atoms with van der Waals surface area (Å²) in [5.41, 5.74) is 8.71. The molecule has 0 aliphatic carbocycles. The van der Waals surface area contributed by atoms with E-state index >= 15 is 0 Å². The highest BCUT2D eigenvalue weighted by Crippen LogP contribution is 2.39. The Morgan fingerprint density at radius 3 is 2.63 bits per heavy atom. The average Bonchev–Trinajstić information content (AvgIpc) is 2.76. The third kappa shape index (κ3) is 3.30. The number of nitrogens with two attached hydrogens (primary N) is 1. The topological polar surface area (TPSA) is 29.3 Å². The Kier molecular flexibility index (Phi) is 4.87. The van der Waals surface area contributed by atoms with Gasteiger partial charge in [-0.3, -0.25) is 0 Å². The van der Waals surface area contributed by atoms with Crippen LogP contribution in [0.5, 0.6) is 0 Å². The van der Waals surface area contributed by atoms with Crippen LogP contribution in [0, 0.1) is 5.92 Å². The predicted molar refractivity (Wildman–Crippen MR) is 83.7 cm³/mol. The van der Waals surface area contributed by atoms with E-state index in [9.17, 15) is 0 Å². The van der Waals surface area contributed by atoms with Crippen LogP contribution in [0.4, 0.5) is 5.69 Å². The van der Waals surface area contributed by atoms with Gasteiger partial charge >= 0.3 is 0 Å². The predicted octanol–water partition coefficient (Wildman–Crippen LogP) is 3.76. The van der Waals surface area contributed by atoms with E-state index in [0.29, 0.717) is 12.0 Å². The number of nitrogens with zero attached hydrogens (tertiary/aromatic N) is 1. The minimum Gasteiger partial charge on any atom is -0.368 e. The molecule has 2 N–H and O–H groups in total. The van der Waals surface area contributed by atoms with E-state index in [1.165, 1.54) is 24.1 Å². The minimum atomic E-state index is 0.627. The zero-order chi connectivity index (χ0) is 13.8. The summed E-state index contributed by atoms with van der Waals surface area (Å²) < 4.78 is 0. The van der Waals surface area contributed by atoms with E-state index in [0.717, 1.165) is 25.4 Å². The molecule has 1 heterocycles. The van der Waals surface area contributed by atoms with Gasteiger partial charge in [-0.2, -0.15) is 0 Å². The lowest BCUT2D eigenvalue weighted by Gasteiger charge is -2.28. The Hall–Kier alpha value is -1.02. The zero-order valence-corrected chi connectivity index (χ0v) is 12.6. The summed E-state index contributed by atoms with van der Waals surface area (Å²) in [7, 11) is 0. The Morgan fingerprint density at radius 1 is 1.21 bits per heavy atom. The molecule has 19 heavy (non-hydrogen) atoms. The summed E-state index contributed by atoms with van der Waals surface area (Å²) in [6, 6.07) is 9.50. The lowest BCUT2D eigenvalue weighted by Crippen LogP contribution is -2.32. The summed E-state index contributed by atoms with van der Waals surface area (Å²) >= 11 is 0. The molecule has 0 saturated carbocycles. The van der Waals surface area contributed by atoms with E-state index in [4.69, 9.17) is 5.73 Å². The second-order valence-electron chi connectivity index (χ2n) is 6.31. The normalized spacial score (nSPS) is 19.8. The molecule has 0 bridgehead atoms. The maximum absolute atomic E-state index is 5.77. The SMILES string of the molecule is CC(C)CCC(C)N1CC(CCN)c2ccccc21. The molecule has 1 aromatic carbocycles. The standard InChI is InChI=1S/C17H28N2/c1-13(2)8-9-14(3)19-12-15(10-11-18)16-6-4-5-7-17(16)19/h4-7,13-15H,8-12,18H2,1-3H3. The molecule has 2 nitrogen and oxygen atoms in total. The van der Waals surface area contributed by atoms with Crippen LogP contribution >= 0.6 is 0 Å². The summed E-state index contributed by atoms with van der Waals surface area (Å²) in [6.07, 6.45) is 3.69. The molecule has 0 fully saturated rings. The second-order valence-corrected chi connectivity index (χ2v) is 6.31. The van der Waals surface area contributed by atoms with Crippen molar-refractivity contribution in [1.82, 2.24) is 0 Å². The van der Waals surface area contributed by atoms with Crippen molar-refractivity contribution in [1.29, 1.82) is 0 Å². The van der Waals surface area contributed by atoms with Crippen molar-refractivity contribution in [3.05, 3.63) is 29.8 Å². The first-order chi connectivity index (χ1) is 9.13. The average molecular weight is 260 g/mol. The Bertz CT molecular complexity index is 400. The molecule has 2 rings (SSSR count). The van der Waals surface area contributed by atoms with E-state index < -0.39 is 0 Å². The van der Waals surface area contributed by atoms with Crippen LogP contribution in [0.1, 0.15) is 51.5 Å². The number of hydrogen-bond acceptors (Lipinski definition) is 2. The van der Waals surface area contributed by atoms with Crippen LogP contribution in [0.3, 0.4) is 0 Å². The van der Waals surface area contributed by atoms with Gasteiger partial charge in [-0.1, -0.05) is 32.0 Å². The smallest absolute Gasteiger partial charge is 0.0404 e. The molecule has 1 aliphatic rings. The lowest BCUT2D eigenvalue weighted by molar-refractivity contribution is 0.487. The quantitative estimate of drug-likeness (QED) is 0.843. The number of benzene rings is 1. The van der Waals surface area contributed by atoms with Gasteiger partial charge in [0.05, 0.1) is 0 Å². The van der Waals surface area contributed by atoms with Crippen molar-refractivity contribution in [3.8, 4) is 0 Å². The summed E-state index contributed by atoms with van der Waals surface area (Å²) in [6.45, 7) is 8.91. The molecule has 0 saturated heterocycles. The van der Waals surface area contributed by atoms with E-state index in [-0.39, 0.29) is 0 Å². The molecule has 0 spiro atoms. The highest BCUT2D eigenvalue weighted by atomic mass is 15.2. The number of para-hydroxylation sites is 1. The van der Waals surface area contributed by atoms with Crippen molar-refractivity contribution in [2.45, 2.75) is 52.0 Å². The highest BCUT2D eigenvalue weighted by molar-refractivity contribution is 5.60. The maximum Gasteiger partial charge on any atom is 0.0404 e. The Balaban J connectivity index is 2.10. The second kappa shape index (κ2) is 6.42. The molecule has 0 amide bonds.